The summed E-state index contributed by atoms with van der Waals surface area (Å²) >= 11 is 0. The van der Waals surface area contributed by atoms with Crippen LogP contribution in [0.4, 0.5) is 11.5 Å². The van der Waals surface area contributed by atoms with Gasteiger partial charge in [0.1, 0.15) is 17.3 Å². The highest BCUT2D eigenvalue weighted by Crippen LogP contribution is 2.32. The minimum Gasteiger partial charge on any atom is -0.497 e. The monoisotopic (exact) mass is 330 g/mol. The molecule has 0 spiro atoms. The number of methoxy groups -OCH3 is 1. The maximum absolute atomic E-state index is 5.25. The summed E-state index contributed by atoms with van der Waals surface area (Å²) in [6.07, 6.45) is 3.71. The highest BCUT2D eigenvalue weighted by molar-refractivity contribution is 5.79. The first-order valence-corrected chi connectivity index (χ1v) is 8.06. The molecule has 124 valence electrons. The second-order valence-electron chi connectivity index (χ2n) is 5.77. The van der Waals surface area contributed by atoms with Crippen LogP contribution in [-0.2, 0) is 0 Å². The number of benzene rings is 2. The van der Waals surface area contributed by atoms with Gasteiger partial charge in [-0.15, -0.1) is 0 Å². The summed E-state index contributed by atoms with van der Waals surface area (Å²) in [5.41, 5.74) is 4.07. The van der Waals surface area contributed by atoms with E-state index in [1.54, 1.807) is 13.3 Å². The summed E-state index contributed by atoms with van der Waals surface area (Å²) in [7, 11) is 1.66. The molecule has 0 radical (unpaired) electrons. The molecule has 0 atom stereocenters. The van der Waals surface area contributed by atoms with Crippen molar-refractivity contribution in [3.63, 3.8) is 0 Å². The van der Waals surface area contributed by atoms with Crippen LogP contribution in [0.5, 0.6) is 5.75 Å². The van der Waals surface area contributed by atoms with Gasteiger partial charge < -0.3 is 10.1 Å². The van der Waals surface area contributed by atoms with Gasteiger partial charge in [0.15, 0.2) is 0 Å². The third-order valence-electron chi connectivity index (χ3n) is 4.17. The molecule has 4 aromatic rings. The largest absolute Gasteiger partial charge is 0.497 e. The molecule has 2 aromatic heterocycles. The first-order valence-electron chi connectivity index (χ1n) is 8.06. The third kappa shape index (κ3) is 2.80. The van der Waals surface area contributed by atoms with Gasteiger partial charge in [-0.05, 0) is 48.9 Å². The van der Waals surface area contributed by atoms with Crippen molar-refractivity contribution in [2.45, 2.75) is 6.92 Å². The molecule has 0 aliphatic heterocycles. The van der Waals surface area contributed by atoms with Crippen LogP contribution in [0.2, 0.25) is 0 Å². The first-order chi connectivity index (χ1) is 12.3. The van der Waals surface area contributed by atoms with Crippen LogP contribution >= 0.6 is 0 Å². The number of para-hydroxylation sites is 1. The van der Waals surface area contributed by atoms with Crippen LogP contribution in [0, 0.1) is 6.92 Å². The van der Waals surface area contributed by atoms with Gasteiger partial charge in [0.05, 0.1) is 7.11 Å². The van der Waals surface area contributed by atoms with E-state index in [0.29, 0.717) is 5.78 Å². The number of hydrogen-bond donors (Lipinski definition) is 1. The summed E-state index contributed by atoms with van der Waals surface area (Å²) < 4.78 is 7.22. The van der Waals surface area contributed by atoms with Crippen LogP contribution in [0.15, 0.2) is 67.0 Å². The van der Waals surface area contributed by atoms with E-state index in [-0.39, 0.29) is 0 Å². The topological polar surface area (TPSA) is 51.5 Å². The number of ether oxygens (including phenoxy) is 1. The van der Waals surface area contributed by atoms with Gasteiger partial charge in [-0.1, -0.05) is 18.2 Å². The molecule has 0 unspecified atom stereocenters. The van der Waals surface area contributed by atoms with Crippen molar-refractivity contribution >= 4 is 17.3 Å². The predicted molar refractivity (Wildman–Crippen MR) is 99.4 cm³/mol. The van der Waals surface area contributed by atoms with E-state index in [4.69, 9.17) is 9.72 Å². The second-order valence-corrected chi connectivity index (χ2v) is 5.77. The Bertz CT molecular complexity index is 1020. The van der Waals surface area contributed by atoms with Crippen LogP contribution in [0.1, 0.15) is 5.56 Å². The van der Waals surface area contributed by atoms with E-state index < -0.39 is 0 Å². The van der Waals surface area contributed by atoms with Gasteiger partial charge in [0.25, 0.3) is 0 Å². The quantitative estimate of drug-likeness (QED) is 0.600. The van der Waals surface area contributed by atoms with Crippen molar-refractivity contribution in [2.24, 2.45) is 0 Å². The average molecular weight is 330 g/mol. The molecule has 1 N–H and O–H groups in total. The van der Waals surface area contributed by atoms with Crippen LogP contribution in [-0.4, -0.2) is 21.5 Å². The lowest BCUT2D eigenvalue weighted by atomic mass is 10.1. The van der Waals surface area contributed by atoms with Crippen LogP contribution in [0.25, 0.3) is 17.0 Å². The van der Waals surface area contributed by atoms with Gasteiger partial charge in [0.2, 0.25) is 5.78 Å². The number of fused-ring (bicyclic) bond motifs is 1. The molecule has 0 aliphatic carbocycles. The van der Waals surface area contributed by atoms with Gasteiger partial charge in [-0.3, -0.25) is 4.40 Å². The number of aryl methyl sites for hydroxylation is 1. The number of hydrogen-bond acceptors (Lipinski definition) is 4. The molecule has 4 rings (SSSR count). The van der Waals surface area contributed by atoms with Gasteiger partial charge in [0, 0.05) is 23.6 Å². The van der Waals surface area contributed by atoms with Gasteiger partial charge in [-0.25, -0.2) is 9.97 Å². The Hall–Kier alpha value is -3.34. The lowest BCUT2D eigenvalue weighted by Crippen LogP contribution is -1.98. The maximum Gasteiger partial charge on any atom is 0.235 e. The van der Waals surface area contributed by atoms with Gasteiger partial charge in [-0.2, -0.15) is 0 Å². The predicted octanol–water partition coefficient (Wildman–Crippen LogP) is 4.46. The molecule has 0 bridgehead atoms. The zero-order valence-electron chi connectivity index (χ0n) is 14.1. The number of rotatable bonds is 4. The van der Waals surface area contributed by atoms with E-state index in [1.165, 1.54) is 5.56 Å². The molecule has 5 nitrogen and oxygen atoms in total. The van der Waals surface area contributed by atoms with E-state index in [0.717, 1.165) is 28.5 Å². The lowest BCUT2D eigenvalue weighted by Gasteiger charge is -2.11. The molecule has 0 aliphatic rings. The Morgan fingerprint density at radius 2 is 1.80 bits per heavy atom. The normalized spacial score (nSPS) is 10.8. The second kappa shape index (κ2) is 6.28. The Morgan fingerprint density at radius 3 is 2.56 bits per heavy atom. The highest BCUT2D eigenvalue weighted by atomic mass is 16.5. The number of aromatic nitrogens is 3. The molecule has 2 aromatic carbocycles. The van der Waals surface area contributed by atoms with Crippen LogP contribution < -0.4 is 10.1 Å². The van der Waals surface area contributed by atoms with E-state index >= 15 is 0 Å². The van der Waals surface area contributed by atoms with Gasteiger partial charge >= 0.3 is 0 Å². The summed E-state index contributed by atoms with van der Waals surface area (Å²) in [5.74, 6) is 2.37. The zero-order chi connectivity index (χ0) is 17.2. The minimum atomic E-state index is 0.657. The van der Waals surface area contributed by atoms with Crippen molar-refractivity contribution in [1.29, 1.82) is 0 Å². The number of imidazole rings is 1. The standard InChI is InChI=1S/C20H18N4O/c1-14-6-3-4-7-17(14)22-19-18(15-8-10-16(25-2)11-9-15)23-20-21-12-5-13-24(19)20/h3-13,22H,1-2H3. The smallest absolute Gasteiger partial charge is 0.235 e. The SMILES string of the molecule is COc1ccc(-c2nc3ncccn3c2Nc2ccccc2C)cc1. The highest BCUT2D eigenvalue weighted by Gasteiger charge is 2.15. The van der Waals surface area contributed by atoms with E-state index in [2.05, 4.69) is 29.4 Å². The minimum absolute atomic E-state index is 0.657. The Balaban J connectivity index is 1.87. The van der Waals surface area contributed by atoms with E-state index in [9.17, 15) is 0 Å². The fraction of sp³-hybridized carbons (Fsp3) is 0.100. The molecular formula is C20H18N4O. The molecule has 0 saturated carbocycles. The van der Waals surface area contributed by atoms with Crippen molar-refractivity contribution in [2.75, 3.05) is 12.4 Å². The Kier molecular flexibility index (Phi) is 3.82. The Labute approximate surface area is 145 Å². The third-order valence-corrected chi connectivity index (χ3v) is 4.17. The molecule has 5 heteroatoms. The summed E-state index contributed by atoms with van der Waals surface area (Å²) in [4.78, 5) is 9.09. The van der Waals surface area contributed by atoms with Crippen molar-refractivity contribution in [3.05, 3.63) is 72.6 Å². The summed E-state index contributed by atoms with van der Waals surface area (Å²) in [6, 6.07) is 18.0. The van der Waals surface area contributed by atoms with Crippen molar-refractivity contribution in [1.82, 2.24) is 14.4 Å². The molecule has 0 saturated heterocycles. The number of nitrogens with one attached hydrogen (secondary N) is 1. The molecular weight excluding hydrogens is 312 g/mol. The van der Waals surface area contributed by atoms with Crippen molar-refractivity contribution in [3.8, 4) is 17.0 Å². The fourth-order valence-electron chi connectivity index (χ4n) is 2.80. The van der Waals surface area contributed by atoms with E-state index in [1.807, 2.05) is 53.1 Å². The lowest BCUT2D eigenvalue weighted by molar-refractivity contribution is 0.415. The molecule has 25 heavy (non-hydrogen) atoms. The number of nitrogens with zero attached hydrogens (tertiary/aromatic N) is 3. The van der Waals surface area contributed by atoms with Crippen molar-refractivity contribution < 1.29 is 4.74 Å². The molecule has 2 heterocycles. The first kappa shape index (κ1) is 15.2. The Morgan fingerprint density at radius 1 is 1.00 bits per heavy atom. The average Bonchev–Trinajstić information content (AvgIpc) is 3.02. The zero-order valence-corrected chi connectivity index (χ0v) is 14.1. The molecule has 0 fully saturated rings. The summed E-state index contributed by atoms with van der Waals surface area (Å²) in [5, 5.41) is 3.52. The fourth-order valence-corrected chi connectivity index (χ4v) is 2.80. The summed E-state index contributed by atoms with van der Waals surface area (Å²) in [6.45, 7) is 2.08. The van der Waals surface area contributed by atoms with Crippen LogP contribution in [0.3, 0.4) is 0 Å². The maximum atomic E-state index is 5.25. The number of anilines is 2. The molecule has 0 amide bonds.